The van der Waals surface area contributed by atoms with E-state index < -0.39 is 0 Å². The van der Waals surface area contributed by atoms with Gasteiger partial charge in [0.15, 0.2) is 0 Å². The van der Waals surface area contributed by atoms with Crippen molar-refractivity contribution in [2.24, 2.45) is 0 Å². The maximum Gasteiger partial charge on any atom is 0.120 e. The van der Waals surface area contributed by atoms with Crippen LogP contribution in [0.15, 0.2) is 30.8 Å². The van der Waals surface area contributed by atoms with Gasteiger partial charge in [-0.2, -0.15) is 0 Å². The second-order valence-corrected chi connectivity index (χ2v) is 3.47. The second-order valence-electron chi connectivity index (χ2n) is 3.47. The topological polar surface area (TPSA) is 18.5 Å². The molecular weight excluding hydrogens is 176 g/mol. The van der Waals surface area contributed by atoms with Crippen molar-refractivity contribution >= 4 is 5.76 Å². The Morgan fingerprint density at radius 2 is 2.21 bits per heavy atom. The first-order chi connectivity index (χ1) is 6.79. The first kappa shape index (κ1) is 9.13. The lowest BCUT2D eigenvalue weighted by Gasteiger charge is -2.07. The molecule has 1 fully saturated rings. The third kappa shape index (κ3) is 2.08. The largest absolute Gasteiger partial charge is 0.497 e. The Kier molecular flexibility index (Phi) is 2.44. The SMILES string of the molecule is C=C(OC)c1cccc(OC2CC2)c1. The molecule has 0 bridgehead atoms. The van der Waals surface area contributed by atoms with Gasteiger partial charge in [-0.25, -0.2) is 0 Å². The summed E-state index contributed by atoms with van der Waals surface area (Å²) in [6.07, 6.45) is 2.78. The maximum absolute atomic E-state index is 5.66. The van der Waals surface area contributed by atoms with E-state index in [9.17, 15) is 0 Å². The number of hydrogen-bond donors (Lipinski definition) is 0. The van der Waals surface area contributed by atoms with Crippen molar-refractivity contribution in [1.29, 1.82) is 0 Å². The number of benzene rings is 1. The van der Waals surface area contributed by atoms with E-state index in [2.05, 4.69) is 6.58 Å². The fourth-order valence-electron chi connectivity index (χ4n) is 1.24. The molecule has 1 aromatic carbocycles. The van der Waals surface area contributed by atoms with Crippen LogP contribution in [0.4, 0.5) is 0 Å². The Hall–Kier alpha value is -1.44. The average molecular weight is 190 g/mol. The van der Waals surface area contributed by atoms with Crippen molar-refractivity contribution in [3.63, 3.8) is 0 Å². The van der Waals surface area contributed by atoms with Crippen molar-refractivity contribution in [1.82, 2.24) is 0 Å². The summed E-state index contributed by atoms with van der Waals surface area (Å²) in [6, 6.07) is 7.84. The molecule has 2 nitrogen and oxygen atoms in total. The summed E-state index contributed by atoms with van der Waals surface area (Å²) in [4.78, 5) is 0. The zero-order valence-electron chi connectivity index (χ0n) is 8.32. The van der Waals surface area contributed by atoms with Crippen LogP contribution < -0.4 is 4.74 Å². The van der Waals surface area contributed by atoms with Gasteiger partial charge in [-0.3, -0.25) is 0 Å². The summed E-state index contributed by atoms with van der Waals surface area (Å²) < 4.78 is 10.7. The molecule has 2 rings (SSSR count). The van der Waals surface area contributed by atoms with Crippen LogP contribution in [0.3, 0.4) is 0 Å². The molecular formula is C12H14O2. The Labute approximate surface area is 84.2 Å². The van der Waals surface area contributed by atoms with Crippen molar-refractivity contribution in [3.8, 4) is 5.75 Å². The zero-order valence-corrected chi connectivity index (χ0v) is 8.32. The fraction of sp³-hybridized carbons (Fsp3) is 0.333. The van der Waals surface area contributed by atoms with Crippen LogP contribution in [0.5, 0.6) is 5.75 Å². The maximum atomic E-state index is 5.66. The lowest BCUT2D eigenvalue weighted by atomic mass is 10.2. The molecule has 1 aromatic rings. The lowest BCUT2D eigenvalue weighted by Crippen LogP contribution is -1.96. The third-order valence-corrected chi connectivity index (χ3v) is 2.23. The highest BCUT2D eigenvalue weighted by Gasteiger charge is 2.23. The van der Waals surface area contributed by atoms with E-state index in [-0.39, 0.29) is 0 Å². The smallest absolute Gasteiger partial charge is 0.120 e. The van der Waals surface area contributed by atoms with Crippen molar-refractivity contribution < 1.29 is 9.47 Å². The predicted molar refractivity (Wildman–Crippen MR) is 56.1 cm³/mol. The molecule has 0 radical (unpaired) electrons. The van der Waals surface area contributed by atoms with E-state index in [0.717, 1.165) is 11.3 Å². The van der Waals surface area contributed by atoms with Gasteiger partial charge in [0.2, 0.25) is 0 Å². The Bertz CT molecular complexity index is 340. The Balaban J connectivity index is 2.12. The molecule has 0 heterocycles. The third-order valence-electron chi connectivity index (χ3n) is 2.23. The van der Waals surface area contributed by atoms with E-state index in [1.54, 1.807) is 7.11 Å². The van der Waals surface area contributed by atoms with Gasteiger partial charge in [0, 0.05) is 5.56 Å². The lowest BCUT2D eigenvalue weighted by molar-refractivity contribution is 0.302. The molecule has 14 heavy (non-hydrogen) atoms. The minimum atomic E-state index is 0.432. The van der Waals surface area contributed by atoms with Gasteiger partial charge >= 0.3 is 0 Å². The Morgan fingerprint density at radius 3 is 2.86 bits per heavy atom. The summed E-state index contributed by atoms with van der Waals surface area (Å²) in [5.41, 5.74) is 0.977. The number of rotatable bonds is 4. The Morgan fingerprint density at radius 1 is 1.43 bits per heavy atom. The standard InChI is InChI=1S/C12H14O2/c1-9(13-2)10-4-3-5-12(8-10)14-11-6-7-11/h3-5,8,11H,1,6-7H2,2H3. The van der Waals surface area contributed by atoms with Crippen LogP contribution in [0, 0.1) is 0 Å². The quantitative estimate of drug-likeness (QED) is 0.680. The highest BCUT2D eigenvalue weighted by atomic mass is 16.5. The van der Waals surface area contributed by atoms with E-state index in [4.69, 9.17) is 9.47 Å². The molecule has 0 spiro atoms. The molecule has 74 valence electrons. The summed E-state index contributed by atoms with van der Waals surface area (Å²) in [7, 11) is 1.62. The molecule has 1 aliphatic carbocycles. The summed E-state index contributed by atoms with van der Waals surface area (Å²) in [5.74, 6) is 1.58. The molecule has 2 heteroatoms. The van der Waals surface area contributed by atoms with E-state index >= 15 is 0 Å². The predicted octanol–water partition coefficient (Wildman–Crippen LogP) is 2.84. The van der Waals surface area contributed by atoms with E-state index in [0.29, 0.717) is 11.9 Å². The second kappa shape index (κ2) is 3.74. The average Bonchev–Trinajstić information content (AvgIpc) is 3.01. The van der Waals surface area contributed by atoms with Crippen molar-refractivity contribution in [2.45, 2.75) is 18.9 Å². The van der Waals surface area contributed by atoms with Crippen LogP contribution in [0.25, 0.3) is 5.76 Å². The molecule has 0 amide bonds. The van der Waals surface area contributed by atoms with Crippen molar-refractivity contribution in [2.75, 3.05) is 7.11 Å². The first-order valence-corrected chi connectivity index (χ1v) is 4.79. The van der Waals surface area contributed by atoms with Crippen LogP contribution in [-0.4, -0.2) is 13.2 Å². The molecule has 0 aliphatic heterocycles. The van der Waals surface area contributed by atoms with Gasteiger partial charge < -0.3 is 9.47 Å². The van der Waals surface area contributed by atoms with E-state index in [1.165, 1.54) is 12.8 Å². The monoisotopic (exact) mass is 190 g/mol. The van der Waals surface area contributed by atoms with Gasteiger partial charge in [-0.15, -0.1) is 0 Å². The van der Waals surface area contributed by atoms with Gasteiger partial charge in [0.1, 0.15) is 11.5 Å². The summed E-state index contributed by atoms with van der Waals surface area (Å²) in [5, 5.41) is 0. The summed E-state index contributed by atoms with van der Waals surface area (Å²) >= 11 is 0. The number of ether oxygens (including phenoxy) is 2. The van der Waals surface area contributed by atoms with E-state index in [1.807, 2.05) is 24.3 Å². The van der Waals surface area contributed by atoms with Crippen LogP contribution in [-0.2, 0) is 4.74 Å². The van der Waals surface area contributed by atoms with Gasteiger partial charge in [-0.05, 0) is 25.0 Å². The summed E-state index contributed by atoms with van der Waals surface area (Å²) in [6.45, 7) is 3.80. The number of methoxy groups -OCH3 is 1. The molecule has 0 saturated heterocycles. The van der Waals surface area contributed by atoms with Gasteiger partial charge in [0.25, 0.3) is 0 Å². The van der Waals surface area contributed by atoms with Gasteiger partial charge in [0.05, 0.1) is 13.2 Å². The van der Waals surface area contributed by atoms with Crippen LogP contribution >= 0.6 is 0 Å². The minimum Gasteiger partial charge on any atom is -0.497 e. The van der Waals surface area contributed by atoms with Crippen molar-refractivity contribution in [3.05, 3.63) is 36.4 Å². The molecule has 0 aromatic heterocycles. The number of hydrogen-bond acceptors (Lipinski definition) is 2. The van der Waals surface area contributed by atoms with Gasteiger partial charge in [-0.1, -0.05) is 18.7 Å². The first-order valence-electron chi connectivity index (χ1n) is 4.79. The molecule has 1 saturated carbocycles. The molecule has 0 unspecified atom stereocenters. The molecule has 1 aliphatic rings. The van der Waals surface area contributed by atoms with Crippen LogP contribution in [0.1, 0.15) is 18.4 Å². The normalized spacial score (nSPS) is 14.9. The minimum absolute atomic E-state index is 0.432. The molecule has 0 N–H and O–H groups in total. The van der Waals surface area contributed by atoms with Crippen LogP contribution in [0.2, 0.25) is 0 Å². The highest BCUT2D eigenvalue weighted by Crippen LogP contribution is 2.28. The fourth-order valence-corrected chi connectivity index (χ4v) is 1.24. The highest BCUT2D eigenvalue weighted by molar-refractivity contribution is 5.58. The molecule has 0 atom stereocenters. The zero-order chi connectivity index (χ0) is 9.97.